The first-order valence-electron chi connectivity index (χ1n) is 5.28. The molecule has 0 saturated carbocycles. The van der Waals surface area contributed by atoms with Crippen LogP contribution in [-0.2, 0) is 5.88 Å². The fourth-order valence-corrected chi connectivity index (χ4v) is 1.88. The van der Waals surface area contributed by atoms with Gasteiger partial charge in [0.15, 0.2) is 0 Å². The van der Waals surface area contributed by atoms with Gasteiger partial charge in [0.2, 0.25) is 0 Å². The van der Waals surface area contributed by atoms with Crippen molar-refractivity contribution in [2.75, 3.05) is 0 Å². The number of aryl methyl sites for hydroxylation is 1. The van der Waals surface area contributed by atoms with Gasteiger partial charge in [-0.2, -0.15) is 0 Å². The molecule has 0 aliphatic carbocycles. The van der Waals surface area contributed by atoms with Crippen LogP contribution in [0.25, 0.3) is 0 Å². The van der Waals surface area contributed by atoms with E-state index in [4.69, 9.17) is 27.9 Å². The van der Waals surface area contributed by atoms with Gasteiger partial charge in [-0.15, -0.1) is 11.6 Å². The quantitative estimate of drug-likeness (QED) is 0.696. The molecule has 0 radical (unpaired) electrons. The van der Waals surface area contributed by atoms with Crippen LogP contribution in [0.5, 0.6) is 11.5 Å². The molecule has 0 aromatic heterocycles. The summed E-state index contributed by atoms with van der Waals surface area (Å²) in [5, 5.41) is 0.693. The fourth-order valence-electron chi connectivity index (χ4n) is 1.54. The normalized spacial score (nSPS) is 10.3. The third-order valence-electron chi connectivity index (χ3n) is 2.40. The molecule has 17 heavy (non-hydrogen) atoms. The van der Waals surface area contributed by atoms with Crippen LogP contribution in [0.2, 0.25) is 5.02 Å². The Bertz CT molecular complexity index is 506. The maximum atomic E-state index is 5.89. The molecule has 0 atom stereocenters. The molecule has 0 spiro atoms. The SMILES string of the molecule is Cc1ccc(Oc2ccc(Cl)cc2)c(CCl)c1. The molecule has 0 heterocycles. The van der Waals surface area contributed by atoms with E-state index in [2.05, 4.69) is 0 Å². The highest BCUT2D eigenvalue weighted by Gasteiger charge is 2.04. The summed E-state index contributed by atoms with van der Waals surface area (Å²) in [5.41, 5.74) is 2.16. The minimum Gasteiger partial charge on any atom is -0.457 e. The third kappa shape index (κ3) is 3.15. The van der Waals surface area contributed by atoms with Gasteiger partial charge in [-0.05, 0) is 37.3 Å². The van der Waals surface area contributed by atoms with E-state index in [-0.39, 0.29) is 0 Å². The van der Waals surface area contributed by atoms with Crippen molar-refractivity contribution in [3.8, 4) is 11.5 Å². The Morgan fingerprint density at radius 1 is 1.06 bits per heavy atom. The average molecular weight is 267 g/mol. The van der Waals surface area contributed by atoms with Crippen molar-refractivity contribution in [3.63, 3.8) is 0 Å². The van der Waals surface area contributed by atoms with Crippen LogP contribution in [0.1, 0.15) is 11.1 Å². The molecule has 0 fully saturated rings. The highest BCUT2D eigenvalue weighted by molar-refractivity contribution is 6.30. The van der Waals surface area contributed by atoms with Gasteiger partial charge in [0.25, 0.3) is 0 Å². The molecular weight excluding hydrogens is 255 g/mol. The van der Waals surface area contributed by atoms with Crippen LogP contribution < -0.4 is 4.74 Å². The predicted molar refractivity (Wildman–Crippen MR) is 72.3 cm³/mol. The molecule has 0 bridgehead atoms. The second-order valence-corrected chi connectivity index (χ2v) is 4.50. The first-order chi connectivity index (χ1) is 8.19. The van der Waals surface area contributed by atoms with Gasteiger partial charge in [-0.3, -0.25) is 0 Å². The van der Waals surface area contributed by atoms with Crippen molar-refractivity contribution in [1.82, 2.24) is 0 Å². The number of hydrogen-bond donors (Lipinski definition) is 0. The molecule has 3 heteroatoms. The molecular formula is C14H12Cl2O. The fraction of sp³-hybridized carbons (Fsp3) is 0.143. The van der Waals surface area contributed by atoms with E-state index < -0.39 is 0 Å². The van der Waals surface area contributed by atoms with Gasteiger partial charge in [0, 0.05) is 10.6 Å². The molecule has 2 rings (SSSR count). The molecule has 2 aromatic rings. The van der Waals surface area contributed by atoms with Crippen LogP contribution >= 0.6 is 23.2 Å². The second-order valence-electron chi connectivity index (χ2n) is 3.80. The van der Waals surface area contributed by atoms with E-state index in [1.165, 1.54) is 5.56 Å². The number of halogens is 2. The Morgan fingerprint density at radius 3 is 2.41 bits per heavy atom. The summed E-state index contributed by atoms with van der Waals surface area (Å²) < 4.78 is 5.77. The topological polar surface area (TPSA) is 9.23 Å². The van der Waals surface area contributed by atoms with E-state index in [1.807, 2.05) is 37.3 Å². The molecule has 0 aliphatic rings. The zero-order chi connectivity index (χ0) is 12.3. The highest BCUT2D eigenvalue weighted by atomic mass is 35.5. The Balaban J connectivity index is 2.26. The monoisotopic (exact) mass is 266 g/mol. The van der Waals surface area contributed by atoms with E-state index in [0.29, 0.717) is 10.9 Å². The summed E-state index contributed by atoms with van der Waals surface area (Å²) >= 11 is 11.7. The number of ether oxygens (including phenoxy) is 1. The van der Waals surface area contributed by atoms with Crippen molar-refractivity contribution in [2.24, 2.45) is 0 Å². The zero-order valence-corrected chi connectivity index (χ0v) is 10.9. The second kappa shape index (κ2) is 5.44. The minimum absolute atomic E-state index is 0.435. The summed E-state index contributed by atoms with van der Waals surface area (Å²) in [5.74, 6) is 1.97. The van der Waals surface area contributed by atoms with Gasteiger partial charge in [0.1, 0.15) is 11.5 Å². The summed E-state index contributed by atoms with van der Waals surface area (Å²) in [6.07, 6.45) is 0. The van der Waals surface area contributed by atoms with E-state index in [0.717, 1.165) is 17.1 Å². The van der Waals surface area contributed by atoms with Crippen LogP contribution in [0.3, 0.4) is 0 Å². The first kappa shape index (κ1) is 12.3. The van der Waals surface area contributed by atoms with Gasteiger partial charge >= 0.3 is 0 Å². The van der Waals surface area contributed by atoms with Crippen molar-refractivity contribution in [3.05, 3.63) is 58.6 Å². The summed E-state index contributed by atoms with van der Waals surface area (Å²) in [4.78, 5) is 0. The lowest BCUT2D eigenvalue weighted by molar-refractivity contribution is 0.478. The number of benzene rings is 2. The smallest absolute Gasteiger partial charge is 0.131 e. The lowest BCUT2D eigenvalue weighted by Crippen LogP contribution is -1.90. The molecule has 1 nitrogen and oxygen atoms in total. The lowest BCUT2D eigenvalue weighted by Gasteiger charge is -2.10. The number of rotatable bonds is 3. The van der Waals surface area contributed by atoms with E-state index >= 15 is 0 Å². The first-order valence-corrected chi connectivity index (χ1v) is 6.19. The minimum atomic E-state index is 0.435. The summed E-state index contributed by atoms with van der Waals surface area (Å²) in [6, 6.07) is 13.2. The predicted octanol–water partition coefficient (Wildman–Crippen LogP) is 5.18. The molecule has 0 N–H and O–H groups in total. The summed E-state index contributed by atoms with van der Waals surface area (Å²) in [7, 11) is 0. The van der Waals surface area contributed by atoms with Crippen molar-refractivity contribution in [2.45, 2.75) is 12.8 Å². The molecule has 0 saturated heterocycles. The molecule has 0 aliphatic heterocycles. The molecule has 2 aromatic carbocycles. The molecule has 0 amide bonds. The molecule has 88 valence electrons. The van der Waals surface area contributed by atoms with Crippen molar-refractivity contribution >= 4 is 23.2 Å². The Morgan fingerprint density at radius 2 is 1.76 bits per heavy atom. The Kier molecular flexibility index (Phi) is 3.93. The zero-order valence-electron chi connectivity index (χ0n) is 9.41. The third-order valence-corrected chi connectivity index (χ3v) is 2.94. The standard InChI is InChI=1S/C14H12Cl2O/c1-10-2-7-14(11(8-10)9-15)17-13-5-3-12(16)4-6-13/h2-8H,9H2,1H3. The maximum absolute atomic E-state index is 5.89. The number of alkyl halides is 1. The Hall–Kier alpha value is -1.18. The van der Waals surface area contributed by atoms with Crippen molar-refractivity contribution < 1.29 is 4.74 Å². The van der Waals surface area contributed by atoms with Gasteiger partial charge in [0.05, 0.1) is 5.88 Å². The van der Waals surface area contributed by atoms with E-state index in [1.54, 1.807) is 12.1 Å². The van der Waals surface area contributed by atoms with Crippen LogP contribution in [-0.4, -0.2) is 0 Å². The lowest BCUT2D eigenvalue weighted by atomic mass is 10.1. The van der Waals surface area contributed by atoms with Gasteiger partial charge < -0.3 is 4.74 Å². The van der Waals surface area contributed by atoms with Crippen LogP contribution in [0.4, 0.5) is 0 Å². The van der Waals surface area contributed by atoms with Crippen molar-refractivity contribution in [1.29, 1.82) is 0 Å². The Labute approximate surface area is 111 Å². The largest absolute Gasteiger partial charge is 0.457 e. The summed E-state index contributed by atoms with van der Waals surface area (Å²) in [6.45, 7) is 2.03. The van der Waals surface area contributed by atoms with Gasteiger partial charge in [-0.25, -0.2) is 0 Å². The average Bonchev–Trinajstić information content (AvgIpc) is 2.34. The van der Waals surface area contributed by atoms with Crippen LogP contribution in [0.15, 0.2) is 42.5 Å². The maximum Gasteiger partial charge on any atom is 0.131 e. The molecule has 0 unspecified atom stereocenters. The van der Waals surface area contributed by atoms with Crippen LogP contribution in [0, 0.1) is 6.92 Å². The van der Waals surface area contributed by atoms with E-state index in [9.17, 15) is 0 Å². The highest BCUT2D eigenvalue weighted by Crippen LogP contribution is 2.28. The number of hydrogen-bond acceptors (Lipinski definition) is 1. The van der Waals surface area contributed by atoms with Gasteiger partial charge in [-0.1, -0.05) is 29.3 Å².